The molecule has 0 aromatic heterocycles. The van der Waals surface area contributed by atoms with Gasteiger partial charge in [0.1, 0.15) is 11.5 Å². The van der Waals surface area contributed by atoms with Crippen molar-refractivity contribution in [2.24, 2.45) is 0 Å². The molecule has 10 heteroatoms. The van der Waals surface area contributed by atoms with Crippen molar-refractivity contribution in [2.45, 2.75) is 72.1 Å². The van der Waals surface area contributed by atoms with Gasteiger partial charge in [-0.15, -0.1) is 0 Å². The van der Waals surface area contributed by atoms with Gasteiger partial charge in [0, 0.05) is 28.9 Å². The molecule has 0 spiro atoms. The summed E-state index contributed by atoms with van der Waals surface area (Å²) in [7, 11) is -5.06. The minimum atomic E-state index is -2.53. The number of hydrogen-bond donors (Lipinski definition) is 2. The summed E-state index contributed by atoms with van der Waals surface area (Å²) >= 11 is 0. The van der Waals surface area contributed by atoms with Crippen LogP contribution in [0.3, 0.4) is 0 Å². The molecule has 0 saturated carbocycles. The highest BCUT2D eigenvalue weighted by atomic mass is 31.2. The van der Waals surface area contributed by atoms with Gasteiger partial charge in [0.25, 0.3) is 0 Å². The lowest BCUT2D eigenvalue weighted by Crippen LogP contribution is -2.17. The van der Waals surface area contributed by atoms with E-state index in [-0.39, 0.29) is 24.1 Å². The summed E-state index contributed by atoms with van der Waals surface area (Å²) < 4.78 is 37.1. The maximum atomic E-state index is 12.7. The molecule has 0 aliphatic carbocycles. The minimum Gasteiger partial charge on any atom is -0.493 e. The SMILES string of the molecule is CCCCCOc1ccc(NC(=O)CP(C)(C)=O)cc1Cc1cc(NC(=O)CP(C)(C)=O)cc(CC)c1OCCCCC. The molecule has 2 aromatic carbocycles. The summed E-state index contributed by atoms with van der Waals surface area (Å²) in [6.45, 7) is 13.9. The second-order valence-electron chi connectivity index (χ2n) is 12.1. The zero-order valence-corrected chi connectivity index (χ0v) is 29.0. The number of aryl methyl sites for hydroxylation is 1. The smallest absolute Gasteiger partial charge is 0.231 e. The Labute approximate surface area is 258 Å². The topological polar surface area (TPSA) is 111 Å². The van der Waals surface area contributed by atoms with Crippen LogP contribution in [0, 0.1) is 0 Å². The molecule has 0 unspecified atom stereocenters. The van der Waals surface area contributed by atoms with Crippen molar-refractivity contribution in [3.63, 3.8) is 0 Å². The first-order valence-corrected chi connectivity index (χ1v) is 21.0. The second kappa shape index (κ2) is 17.7. The van der Waals surface area contributed by atoms with E-state index in [9.17, 15) is 18.7 Å². The molecule has 240 valence electrons. The molecule has 8 nitrogen and oxygen atoms in total. The summed E-state index contributed by atoms with van der Waals surface area (Å²) in [4.78, 5) is 25.3. The predicted molar refractivity (Wildman–Crippen MR) is 181 cm³/mol. The van der Waals surface area contributed by atoms with Crippen molar-refractivity contribution in [3.05, 3.63) is 47.0 Å². The Balaban J connectivity index is 2.53. The van der Waals surface area contributed by atoms with Crippen LogP contribution in [0.15, 0.2) is 30.3 Å². The molecule has 0 atom stereocenters. The van der Waals surface area contributed by atoms with E-state index >= 15 is 0 Å². The number of carbonyl (C=O) groups is 2. The third-order valence-corrected chi connectivity index (χ3v) is 8.78. The first kappa shape index (κ1) is 36.6. The summed E-state index contributed by atoms with van der Waals surface area (Å²) in [5.74, 6) is 0.926. The number of benzene rings is 2. The van der Waals surface area contributed by atoms with Crippen LogP contribution in [0.5, 0.6) is 11.5 Å². The first-order chi connectivity index (χ1) is 20.2. The highest BCUT2D eigenvalue weighted by molar-refractivity contribution is 7.63. The summed E-state index contributed by atoms with van der Waals surface area (Å²) in [6.07, 6.45) is 7.25. The van der Waals surface area contributed by atoms with E-state index in [1.54, 1.807) is 32.7 Å². The van der Waals surface area contributed by atoms with Gasteiger partial charge >= 0.3 is 0 Å². The zero-order chi connectivity index (χ0) is 32.0. The van der Waals surface area contributed by atoms with E-state index in [2.05, 4.69) is 31.4 Å². The maximum Gasteiger partial charge on any atom is 0.231 e. The molecule has 2 N–H and O–H groups in total. The van der Waals surface area contributed by atoms with Crippen molar-refractivity contribution < 1.29 is 28.2 Å². The number of hydrogen-bond acceptors (Lipinski definition) is 6. The molecule has 0 fully saturated rings. The van der Waals surface area contributed by atoms with Crippen molar-refractivity contribution in [2.75, 3.05) is 62.8 Å². The van der Waals surface area contributed by atoms with Crippen LogP contribution in [0.1, 0.15) is 76.0 Å². The average Bonchev–Trinajstić information content (AvgIpc) is 2.88. The molecule has 2 rings (SSSR count). The van der Waals surface area contributed by atoms with E-state index < -0.39 is 14.3 Å². The fourth-order valence-corrected chi connectivity index (χ4v) is 6.24. The summed E-state index contributed by atoms with van der Waals surface area (Å²) in [5.41, 5.74) is 3.94. The molecule has 0 heterocycles. The lowest BCUT2D eigenvalue weighted by atomic mass is 9.98. The Bertz CT molecular complexity index is 1310. The van der Waals surface area contributed by atoms with E-state index in [1.807, 2.05) is 24.3 Å². The van der Waals surface area contributed by atoms with Gasteiger partial charge in [-0.1, -0.05) is 46.5 Å². The zero-order valence-electron chi connectivity index (χ0n) is 27.2. The van der Waals surface area contributed by atoms with Crippen LogP contribution < -0.4 is 20.1 Å². The van der Waals surface area contributed by atoms with Gasteiger partial charge in [0.15, 0.2) is 0 Å². The molecule has 0 aliphatic heterocycles. The molecule has 43 heavy (non-hydrogen) atoms. The second-order valence-corrected chi connectivity index (χ2v) is 19.1. The third-order valence-electron chi connectivity index (χ3n) is 6.68. The number of ether oxygens (including phenoxy) is 2. The average molecular weight is 635 g/mol. The number of nitrogens with one attached hydrogen (secondary N) is 2. The van der Waals surface area contributed by atoms with E-state index in [0.29, 0.717) is 43.2 Å². The van der Waals surface area contributed by atoms with Crippen molar-refractivity contribution in [3.8, 4) is 11.5 Å². The fourth-order valence-electron chi connectivity index (χ4n) is 4.70. The van der Waals surface area contributed by atoms with E-state index in [1.165, 1.54) is 0 Å². The van der Waals surface area contributed by atoms with Crippen LogP contribution >= 0.6 is 14.3 Å². The number of carbonyl (C=O) groups excluding carboxylic acids is 2. The van der Waals surface area contributed by atoms with Crippen molar-refractivity contribution in [1.82, 2.24) is 0 Å². The summed E-state index contributed by atoms with van der Waals surface area (Å²) in [6, 6.07) is 9.41. The van der Waals surface area contributed by atoms with Crippen LogP contribution in [-0.4, -0.2) is 64.0 Å². The van der Waals surface area contributed by atoms with Crippen molar-refractivity contribution >= 4 is 37.5 Å². The third kappa shape index (κ3) is 14.2. The Morgan fingerprint density at radius 3 is 1.72 bits per heavy atom. The fraction of sp³-hybridized carbons (Fsp3) is 0.576. The number of unbranched alkanes of at least 4 members (excludes halogenated alkanes) is 4. The monoisotopic (exact) mass is 634 g/mol. The maximum absolute atomic E-state index is 12.7. The Kier molecular flexibility index (Phi) is 15.0. The molecule has 0 bridgehead atoms. The quantitative estimate of drug-likeness (QED) is 0.119. The molecule has 0 aliphatic rings. The van der Waals surface area contributed by atoms with Gasteiger partial charge < -0.3 is 29.2 Å². The van der Waals surface area contributed by atoms with Gasteiger partial charge in [-0.2, -0.15) is 0 Å². The molecule has 0 radical (unpaired) electrons. The van der Waals surface area contributed by atoms with Crippen LogP contribution in [-0.2, 0) is 31.6 Å². The number of rotatable bonds is 19. The first-order valence-electron chi connectivity index (χ1n) is 15.5. The van der Waals surface area contributed by atoms with Crippen LogP contribution in [0.2, 0.25) is 0 Å². The van der Waals surface area contributed by atoms with Crippen LogP contribution in [0.25, 0.3) is 0 Å². The predicted octanol–water partition coefficient (Wildman–Crippen LogP) is 8.10. The Morgan fingerprint density at radius 1 is 0.674 bits per heavy atom. The van der Waals surface area contributed by atoms with Gasteiger partial charge in [-0.05, 0) is 81.8 Å². The Hall–Kier alpha value is -2.56. The highest BCUT2D eigenvalue weighted by Gasteiger charge is 2.19. The highest BCUT2D eigenvalue weighted by Crippen LogP contribution is 2.38. The summed E-state index contributed by atoms with van der Waals surface area (Å²) in [5, 5.41) is 5.84. The van der Waals surface area contributed by atoms with E-state index in [4.69, 9.17) is 9.47 Å². The lowest BCUT2D eigenvalue weighted by molar-refractivity contribution is -0.114. The number of anilines is 2. The Morgan fingerprint density at radius 2 is 1.19 bits per heavy atom. The van der Waals surface area contributed by atoms with Crippen LogP contribution in [0.4, 0.5) is 11.4 Å². The normalized spacial score (nSPS) is 11.7. The van der Waals surface area contributed by atoms with Gasteiger partial charge in [-0.25, -0.2) is 0 Å². The molecular formula is C33H52N2O6P2. The lowest BCUT2D eigenvalue weighted by Gasteiger charge is -2.20. The van der Waals surface area contributed by atoms with Gasteiger partial charge in [0.2, 0.25) is 11.8 Å². The molecular weight excluding hydrogens is 582 g/mol. The number of amides is 2. The molecule has 0 saturated heterocycles. The van der Waals surface area contributed by atoms with Gasteiger partial charge in [-0.3, -0.25) is 9.59 Å². The molecule has 2 amide bonds. The molecule has 2 aromatic rings. The standard InChI is InChI=1S/C33H52N2O6P2/c1-8-11-13-17-40-30-16-15-28(34-31(36)23-42(4,5)38)21-26(30)19-27-22-29(35-32(37)24-43(6,7)39)20-25(10-3)33(27)41-18-14-12-9-2/h15-16,20-22H,8-14,17-19,23-24H2,1-7H3,(H,34,36)(H,35,37). The largest absolute Gasteiger partial charge is 0.493 e. The van der Waals surface area contributed by atoms with Crippen molar-refractivity contribution in [1.29, 1.82) is 0 Å². The van der Waals surface area contributed by atoms with E-state index in [0.717, 1.165) is 61.0 Å². The van der Waals surface area contributed by atoms with Gasteiger partial charge in [0.05, 0.1) is 39.8 Å². The minimum absolute atomic E-state index is 0.0288.